The number of rotatable bonds is 4. The van der Waals surface area contributed by atoms with Crippen LogP contribution in [0.15, 0.2) is 10.6 Å². The van der Waals surface area contributed by atoms with Gasteiger partial charge in [0.25, 0.3) is 17.7 Å². The molecule has 2 heterocycles. The maximum atomic E-state index is 13.1. The molecule has 31 heavy (non-hydrogen) atoms. The number of carbonyl (C=O) groups excluding carboxylic acids is 5. The Kier molecular flexibility index (Phi) is 5.27. The van der Waals surface area contributed by atoms with E-state index in [4.69, 9.17) is 0 Å². The van der Waals surface area contributed by atoms with Crippen molar-refractivity contribution in [3.63, 3.8) is 0 Å². The maximum Gasteiger partial charge on any atom is 0.331 e. The number of carbonyl (C=O) groups is 5. The Morgan fingerprint density at radius 1 is 1.13 bits per heavy atom. The van der Waals surface area contributed by atoms with Crippen molar-refractivity contribution < 1.29 is 24.0 Å². The first-order chi connectivity index (χ1) is 14.7. The fourth-order valence-corrected chi connectivity index (χ4v) is 6.28. The fourth-order valence-electron chi connectivity index (χ4n) is 5.53. The van der Waals surface area contributed by atoms with Crippen LogP contribution < -0.4 is 16.0 Å². The molecule has 11 heteroatoms. The first-order valence-corrected chi connectivity index (χ1v) is 11.5. The summed E-state index contributed by atoms with van der Waals surface area (Å²) in [5.74, 6) is -0.752. The predicted molar refractivity (Wildman–Crippen MR) is 113 cm³/mol. The Bertz CT molecular complexity index is 900. The highest BCUT2D eigenvalue weighted by Crippen LogP contribution is 2.58. The third-order valence-corrected chi connectivity index (χ3v) is 7.93. The lowest BCUT2D eigenvalue weighted by atomic mass is 9.51. The molecule has 2 aliphatic carbocycles. The predicted octanol–water partition coefficient (Wildman–Crippen LogP) is 0.892. The molecule has 4 rings (SSSR count). The number of imide groups is 3. The number of nitrogens with one attached hydrogen (secondary N) is 3. The molecule has 3 N–H and O–H groups in total. The van der Waals surface area contributed by atoms with Crippen LogP contribution in [0.5, 0.6) is 0 Å². The largest absolute Gasteiger partial charge is 0.382 e. The van der Waals surface area contributed by atoms with E-state index in [1.807, 2.05) is 6.92 Å². The third-order valence-electron chi connectivity index (χ3n) is 6.94. The van der Waals surface area contributed by atoms with Gasteiger partial charge in [-0.1, -0.05) is 6.92 Å². The van der Waals surface area contributed by atoms with Crippen molar-refractivity contribution in [1.29, 1.82) is 0 Å². The maximum absolute atomic E-state index is 13.1. The second kappa shape index (κ2) is 7.54. The van der Waals surface area contributed by atoms with E-state index in [1.54, 1.807) is 7.05 Å². The lowest BCUT2D eigenvalue weighted by Crippen LogP contribution is -2.64. The summed E-state index contributed by atoms with van der Waals surface area (Å²) in [5.41, 5.74) is -0.889. The van der Waals surface area contributed by atoms with Crippen LogP contribution in [-0.2, 0) is 14.4 Å². The van der Waals surface area contributed by atoms with E-state index in [0.29, 0.717) is 36.5 Å². The highest BCUT2D eigenvalue weighted by Gasteiger charge is 2.64. The summed E-state index contributed by atoms with van der Waals surface area (Å²) < 4.78 is 0. The zero-order valence-electron chi connectivity index (χ0n) is 17.9. The first-order valence-electron chi connectivity index (χ1n) is 10.5. The summed E-state index contributed by atoms with van der Waals surface area (Å²) in [7, 11) is 3.13. The van der Waals surface area contributed by atoms with Crippen molar-refractivity contribution >= 4 is 41.5 Å². The minimum Gasteiger partial charge on any atom is -0.382 e. The first kappa shape index (κ1) is 21.7. The van der Waals surface area contributed by atoms with Gasteiger partial charge in [-0.25, -0.2) is 9.59 Å². The minimum atomic E-state index is -0.793. The third kappa shape index (κ3) is 3.29. The highest BCUT2D eigenvalue weighted by molar-refractivity contribution is 8.03. The van der Waals surface area contributed by atoms with Crippen molar-refractivity contribution in [3.05, 3.63) is 10.6 Å². The summed E-state index contributed by atoms with van der Waals surface area (Å²) >= 11 is 1.34. The van der Waals surface area contributed by atoms with Gasteiger partial charge in [0.1, 0.15) is 11.1 Å². The summed E-state index contributed by atoms with van der Waals surface area (Å²) in [6, 6.07) is -1.35. The molecule has 2 saturated heterocycles. The molecule has 168 valence electrons. The molecule has 0 aromatic rings. The molecule has 7 amide bonds. The topological polar surface area (TPSA) is 128 Å². The standard InChI is InChI=1S/C20H27N5O5S/c1-4-31-14(21-2)12-13(26)22-17(29)25(15(12)27)11-5-7-19(8-6-11)9-20(10-19)16(28)24(3)18(30)23-20/h11,21H,4-10H2,1-3H3,(H,23,30)(H,22,26,29). The van der Waals surface area contributed by atoms with E-state index in [2.05, 4.69) is 16.0 Å². The van der Waals surface area contributed by atoms with Gasteiger partial charge < -0.3 is 10.6 Å². The van der Waals surface area contributed by atoms with E-state index in [-0.39, 0.29) is 29.0 Å². The molecule has 2 spiro atoms. The molecular weight excluding hydrogens is 422 g/mol. The van der Waals surface area contributed by atoms with Crippen LogP contribution in [0.25, 0.3) is 0 Å². The van der Waals surface area contributed by atoms with Gasteiger partial charge in [-0.3, -0.25) is 29.5 Å². The lowest BCUT2D eigenvalue weighted by Gasteiger charge is -2.56. The van der Waals surface area contributed by atoms with Crippen LogP contribution >= 0.6 is 11.8 Å². The quantitative estimate of drug-likeness (QED) is 0.330. The highest BCUT2D eigenvalue weighted by atomic mass is 32.2. The van der Waals surface area contributed by atoms with Gasteiger partial charge in [0, 0.05) is 20.1 Å². The Labute approximate surface area is 184 Å². The molecule has 0 radical (unpaired) electrons. The van der Waals surface area contributed by atoms with Gasteiger partial charge in [-0.15, -0.1) is 11.8 Å². The molecule has 4 fully saturated rings. The average molecular weight is 450 g/mol. The average Bonchev–Trinajstić information content (AvgIpc) is 2.92. The second-order valence-electron chi connectivity index (χ2n) is 8.78. The molecular formula is C20H27N5O5S. The van der Waals surface area contributed by atoms with Crippen molar-refractivity contribution in [3.8, 4) is 0 Å². The normalized spacial score (nSPS) is 34.8. The van der Waals surface area contributed by atoms with Crippen molar-refractivity contribution in [2.45, 2.75) is 57.0 Å². The number of amides is 7. The van der Waals surface area contributed by atoms with Crippen LogP contribution in [-0.4, -0.2) is 71.0 Å². The molecule has 2 aliphatic heterocycles. The van der Waals surface area contributed by atoms with Crippen molar-refractivity contribution in [2.24, 2.45) is 5.41 Å². The zero-order chi connectivity index (χ0) is 22.6. The number of likely N-dealkylation sites (N-methyl/N-ethyl adjacent to an activating group) is 1. The van der Waals surface area contributed by atoms with Crippen LogP contribution in [0.3, 0.4) is 0 Å². The lowest BCUT2D eigenvalue weighted by molar-refractivity contribution is -0.142. The van der Waals surface area contributed by atoms with E-state index >= 15 is 0 Å². The van der Waals surface area contributed by atoms with Gasteiger partial charge in [0.15, 0.2) is 0 Å². The number of hydrogen-bond acceptors (Lipinski definition) is 7. The van der Waals surface area contributed by atoms with E-state index in [0.717, 1.165) is 17.7 Å². The number of hydrogen-bond donors (Lipinski definition) is 3. The molecule has 0 unspecified atom stereocenters. The second-order valence-corrected chi connectivity index (χ2v) is 10.1. The molecule has 0 aromatic carbocycles. The Balaban J connectivity index is 1.46. The zero-order valence-corrected chi connectivity index (χ0v) is 18.7. The van der Waals surface area contributed by atoms with Gasteiger partial charge in [0.2, 0.25) is 0 Å². The monoisotopic (exact) mass is 449 g/mol. The van der Waals surface area contributed by atoms with Crippen LogP contribution in [0.2, 0.25) is 0 Å². The molecule has 2 saturated carbocycles. The number of thioether (sulfide) groups is 1. The van der Waals surface area contributed by atoms with Crippen molar-refractivity contribution in [1.82, 2.24) is 25.8 Å². The molecule has 4 aliphatic rings. The van der Waals surface area contributed by atoms with E-state index < -0.39 is 23.4 Å². The SMILES string of the molecule is CCSC(NC)=C1C(=O)NC(=O)N(C2CCC3(CC2)CC2(C3)NC(=O)N(C)C2=O)C1=O. The minimum absolute atomic E-state index is 0.0286. The molecule has 0 atom stereocenters. The van der Waals surface area contributed by atoms with Gasteiger partial charge in [-0.2, -0.15) is 0 Å². The fraction of sp³-hybridized carbons (Fsp3) is 0.650. The summed E-state index contributed by atoms with van der Waals surface area (Å²) in [6.45, 7) is 1.91. The summed E-state index contributed by atoms with van der Waals surface area (Å²) in [6.07, 6.45) is 3.87. The Morgan fingerprint density at radius 2 is 1.77 bits per heavy atom. The van der Waals surface area contributed by atoms with E-state index in [9.17, 15) is 24.0 Å². The van der Waals surface area contributed by atoms with Gasteiger partial charge >= 0.3 is 12.1 Å². The summed E-state index contributed by atoms with van der Waals surface area (Å²) in [5, 5.41) is 8.48. The number of barbiturate groups is 1. The smallest absolute Gasteiger partial charge is 0.331 e. The number of nitrogens with zero attached hydrogens (tertiary/aromatic N) is 2. The molecule has 0 bridgehead atoms. The van der Waals surface area contributed by atoms with Crippen molar-refractivity contribution in [2.75, 3.05) is 19.8 Å². The molecule has 10 nitrogen and oxygen atoms in total. The van der Waals surface area contributed by atoms with Crippen LogP contribution in [0.1, 0.15) is 45.4 Å². The van der Waals surface area contributed by atoms with E-state index in [1.165, 1.54) is 23.7 Å². The van der Waals surface area contributed by atoms with Gasteiger partial charge in [0.05, 0.1) is 5.03 Å². The Morgan fingerprint density at radius 3 is 2.29 bits per heavy atom. The van der Waals surface area contributed by atoms with Crippen LogP contribution in [0.4, 0.5) is 9.59 Å². The Hall–Kier alpha value is -2.56. The summed E-state index contributed by atoms with van der Waals surface area (Å²) in [4.78, 5) is 64.6. The van der Waals surface area contributed by atoms with Crippen LogP contribution in [0, 0.1) is 5.41 Å². The molecule has 0 aromatic heterocycles. The van der Waals surface area contributed by atoms with Gasteiger partial charge in [-0.05, 0) is 49.7 Å². The number of urea groups is 2.